The first-order chi connectivity index (χ1) is 11.9. The molecular formula is C24H15. The van der Waals surface area contributed by atoms with E-state index in [0.29, 0.717) is 0 Å². The third-order valence-corrected chi connectivity index (χ3v) is 4.67. The van der Waals surface area contributed by atoms with E-state index in [4.69, 9.17) is 0 Å². The van der Waals surface area contributed by atoms with Gasteiger partial charge in [-0.1, -0.05) is 54.6 Å². The van der Waals surface area contributed by atoms with Crippen LogP contribution in [0.5, 0.6) is 0 Å². The molecule has 0 aromatic heterocycles. The summed E-state index contributed by atoms with van der Waals surface area (Å²) in [5, 5.41) is 7.63. The van der Waals surface area contributed by atoms with E-state index in [9.17, 15) is 0 Å². The third kappa shape index (κ3) is 2.16. The summed E-state index contributed by atoms with van der Waals surface area (Å²) in [7, 11) is 0. The summed E-state index contributed by atoms with van der Waals surface area (Å²) in [5.41, 5.74) is 2.35. The van der Waals surface area contributed by atoms with Crippen molar-refractivity contribution in [2.75, 3.05) is 0 Å². The Morgan fingerprint density at radius 3 is 1.71 bits per heavy atom. The first-order valence-corrected chi connectivity index (χ1v) is 8.20. The molecule has 0 aliphatic rings. The topological polar surface area (TPSA) is 0 Å². The lowest BCUT2D eigenvalue weighted by atomic mass is 9.97. The molecule has 0 fully saturated rings. The Kier molecular flexibility index (Phi) is 2.89. The Bertz CT molecular complexity index is 1180. The van der Waals surface area contributed by atoms with E-state index in [-0.39, 0.29) is 0 Å². The van der Waals surface area contributed by atoms with Crippen LogP contribution in [0.1, 0.15) is 0 Å². The zero-order chi connectivity index (χ0) is 15.9. The summed E-state index contributed by atoms with van der Waals surface area (Å²) in [6, 6.07) is 35.9. The molecule has 0 saturated heterocycles. The van der Waals surface area contributed by atoms with Crippen molar-refractivity contribution in [2.45, 2.75) is 0 Å². The Balaban J connectivity index is 1.77. The molecule has 0 bridgehead atoms. The van der Waals surface area contributed by atoms with Crippen LogP contribution in [0.25, 0.3) is 43.4 Å². The Morgan fingerprint density at radius 2 is 1.00 bits per heavy atom. The van der Waals surface area contributed by atoms with Gasteiger partial charge < -0.3 is 0 Å². The van der Waals surface area contributed by atoms with E-state index < -0.39 is 0 Å². The van der Waals surface area contributed by atoms with Crippen molar-refractivity contribution in [3.05, 3.63) is 97.1 Å². The van der Waals surface area contributed by atoms with Crippen LogP contribution in [0.3, 0.4) is 0 Å². The molecule has 0 aliphatic carbocycles. The third-order valence-electron chi connectivity index (χ3n) is 4.67. The number of hydrogen-bond donors (Lipinski definition) is 0. The lowest BCUT2D eigenvalue weighted by Crippen LogP contribution is -1.81. The van der Waals surface area contributed by atoms with Gasteiger partial charge in [-0.3, -0.25) is 0 Å². The normalized spacial score (nSPS) is 11.3. The number of hydrogen-bond acceptors (Lipinski definition) is 0. The van der Waals surface area contributed by atoms with Gasteiger partial charge in [-0.05, 0) is 85.9 Å². The molecule has 0 N–H and O–H groups in total. The minimum atomic E-state index is 1.14. The minimum Gasteiger partial charge on any atom is -0.0622 e. The fourth-order valence-electron chi connectivity index (χ4n) is 3.41. The van der Waals surface area contributed by atoms with Crippen molar-refractivity contribution in [3.8, 4) is 11.1 Å². The monoisotopic (exact) mass is 303 g/mol. The van der Waals surface area contributed by atoms with Gasteiger partial charge in [0.05, 0.1) is 0 Å². The van der Waals surface area contributed by atoms with Crippen LogP contribution in [-0.2, 0) is 0 Å². The van der Waals surface area contributed by atoms with Crippen molar-refractivity contribution in [3.63, 3.8) is 0 Å². The maximum absolute atomic E-state index is 3.43. The van der Waals surface area contributed by atoms with E-state index >= 15 is 0 Å². The predicted octanol–water partition coefficient (Wildman–Crippen LogP) is 6.61. The van der Waals surface area contributed by atoms with Gasteiger partial charge in [0.25, 0.3) is 0 Å². The quantitative estimate of drug-likeness (QED) is 0.305. The van der Waals surface area contributed by atoms with Gasteiger partial charge in [-0.2, -0.15) is 0 Å². The molecule has 0 heterocycles. The van der Waals surface area contributed by atoms with Gasteiger partial charge in [-0.15, -0.1) is 0 Å². The van der Waals surface area contributed by atoms with Crippen molar-refractivity contribution in [2.24, 2.45) is 0 Å². The fraction of sp³-hybridized carbons (Fsp3) is 0. The SMILES string of the molecule is [c]1cc2cc3cc4ccccc4cc3cc2cc1-c1ccccc1. The fourth-order valence-corrected chi connectivity index (χ4v) is 3.41. The van der Waals surface area contributed by atoms with Gasteiger partial charge in [0, 0.05) is 0 Å². The molecule has 0 heteroatoms. The molecule has 0 spiro atoms. The number of benzene rings is 5. The molecule has 111 valence electrons. The molecule has 5 rings (SSSR count). The van der Waals surface area contributed by atoms with E-state index in [0.717, 1.165) is 5.56 Å². The second-order valence-electron chi connectivity index (χ2n) is 6.24. The molecule has 0 unspecified atom stereocenters. The van der Waals surface area contributed by atoms with Crippen LogP contribution in [0.15, 0.2) is 91.0 Å². The standard InChI is InChI=1S/C24H15/c1-2-6-17(7-3-1)20-10-11-21-15-23-12-18-8-4-5-9-19(18)13-24(23)16-22(21)14-20/h1-9,11-16H. The van der Waals surface area contributed by atoms with E-state index in [1.807, 2.05) is 6.07 Å². The Labute approximate surface area is 141 Å². The largest absolute Gasteiger partial charge is 0.0622 e. The zero-order valence-corrected chi connectivity index (χ0v) is 13.2. The second-order valence-corrected chi connectivity index (χ2v) is 6.24. The van der Waals surface area contributed by atoms with Crippen molar-refractivity contribution >= 4 is 32.3 Å². The summed E-state index contributed by atoms with van der Waals surface area (Å²) in [6.45, 7) is 0. The highest BCUT2D eigenvalue weighted by Gasteiger charge is 2.03. The predicted molar refractivity (Wildman–Crippen MR) is 103 cm³/mol. The summed E-state index contributed by atoms with van der Waals surface area (Å²) < 4.78 is 0. The Hall–Kier alpha value is -3.12. The summed E-state index contributed by atoms with van der Waals surface area (Å²) in [5.74, 6) is 0. The molecular weight excluding hydrogens is 288 g/mol. The van der Waals surface area contributed by atoms with Crippen molar-refractivity contribution in [1.82, 2.24) is 0 Å². The summed E-state index contributed by atoms with van der Waals surface area (Å²) >= 11 is 0. The molecule has 0 amide bonds. The first-order valence-electron chi connectivity index (χ1n) is 8.20. The molecule has 0 saturated carbocycles. The van der Waals surface area contributed by atoms with Crippen molar-refractivity contribution in [1.29, 1.82) is 0 Å². The lowest BCUT2D eigenvalue weighted by Gasteiger charge is -2.07. The first kappa shape index (κ1) is 13.3. The van der Waals surface area contributed by atoms with Crippen LogP contribution < -0.4 is 0 Å². The van der Waals surface area contributed by atoms with Crippen LogP contribution >= 0.6 is 0 Å². The van der Waals surface area contributed by atoms with E-state index in [1.54, 1.807) is 0 Å². The van der Waals surface area contributed by atoms with Crippen LogP contribution in [0.2, 0.25) is 0 Å². The van der Waals surface area contributed by atoms with Crippen LogP contribution in [0.4, 0.5) is 0 Å². The highest BCUT2D eigenvalue weighted by atomic mass is 14.1. The minimum absolute atomic E-state index is 1.14. The summed E-state index contributed by atoms with van der Waals surface area (Å²) in [6.07, 6.45) is 0. The maximum Gasteiger partial charge on any atom is -0.00926 e. The number of rotatable bonds is 1. The molecule has 24 heavy (non-hydrogen) atoms. The van der Waals surface area contributed by atoms with E-state index in [2.05, 4.69) is 91.0 Å². The number of fused-ring (bicyclic) bond motifs is 3. The average molecular weight is 303 g/mol. The average Bonchev–Trinajstić information content (AvgIpc) is 2.65. The molecule has 1 radical (unpaired) electrons. The van der Waals surface area contributed by atoms with Gasteiger partial charge in [-0.25, -0.2) is 0 Å². The highest BCUT2D eigenvalue weighted by molar-refractivity contribution is 6.05. The van der Waals surface area contributed by atoms with Gasteiger partial charge >= 0.3 is 0 Å². The zero-order valence-electron chi connectivity index (χ0n) is 13.2. The van der Waals surface area contributed by atoms with Crippen LogP contribution in [-0.4, -0.2) is 0 Å². The van der Waals surface area contributed by atoms with Crippen LogP contribution in [0, 0.1) is 6.07 Å². The molecule has 0 nitrogen and oxygen atoms in total. The van der Waals surface area contributed by atoms with Gasteiger partial charge in [0.1, 0.15) is 0 Å². The second kappa shape index (κ2) is 5.21. The molecule has 5 aromatic carbocycles. The van der Waals surface area contributed by atoms with E-state index in [1.165, 1.54) is 37.9 Å². The molecule has 5 aromatic rings. The van der Waals surface area contributed by atoms with Gasteiger partial charge in [0.2, 0.25) is 0 Å². The van der Waals surface area contributed by atoms with Crippen molar-refractivity contribution < 1.29 is 0 Å². The summed E-state index contributed by atoms with van der Waals surface area (Å²) in [4.78, 5) is 0. The molecule has 0 atom stereocenters. The lowest BCUT2D eigenvalue weighted by molar-refractivity contribution is 1.64. The smallest absolute Gasteiger partial charge is 0.00926 e. The molecule has 0 aliphatic heterocycles. The van der Waals surface area contributed by atoms with Gasteiger partial charge in [0.15, 0.2) is 0 Å². The highest BCUT2D eigenvalue weighted by Crippen LogP contribution is 2.30. The maximum atomic E-state index is 3.43. The Morgan fingerprint density at radius 1 is 0.458 bits per heavy atom.